The Labute approximate surface area is 289 Å². The average Bonchev–Trinajstić information content (AvgIpc) is 3.67. The number of nitrogens with zero attached hydrogens (tertiary/aromatic N) is 4. The number of ether oxygens (including phenoxy) is 3. The molecule has 0 amide bonds. The van der Waals surface area contributed by atoms with E-state index in [1.54, 1.807) is 4.68 Å². The molecular weight excluding hydrogens is 768 g/mol. The predicted octanol–water partition coefficient (Wildman–Crippen LogP) is 9.14. The van der Waals surface area contributed by atoms with Crippen molar-refractivity contribution in [2.24, 2.45) is 0 Å². The van der Waals surface area contributed by atoms with Crippen LogP contribution in [-0.4, -0.2) is 32.5 Å². The van der Waals surface area contributed by atoms with E-state index in [0.717, 1.165) is 72.6 Å². The Balaban J connectivity index is 0.00000386. The van der Waals surface area contributed by atoms with Crippen LogP contribution in [0.3, 0.4) is 0 Å². The summed E-state index contributed by atoms with van der Waals surface area (Å²) < 4.78 is 22.5. The number of hydrogen-bond acceptors (Lipinski definition) is 5. The van der Waals surface area contributed by atoms with Gasteiger partial charge in [-0.25, -0.2) is 4.98 Å². The molecule has 7 nitrogen and oxygen atoms in total. The van der Waals surface area contributed by atoms with Crippen LogP contribution < -0.4 is 14.2 Å². The van der Waals surface area contributed by atoms with Gasteiger partial charge >= 0.3 is 21.1 Å². The zero-order chi connectivity index (χ0) is 31.8. The van der Waals surface area contributed by atoms with E-state index in [1.807, 2.05) is 68.8 Å². The molecule has 0 spiro atoms. The van der Waals surface area contributed by atoms with Crippen molar-refractivity contribution < 1.29 is 35.3 Å². The Hall–Kier alpha value is -4.87. The Morgan fingerprint density at radius 3 is 2.26 bits per heavy atom. The Morgan fingerprint density at radius 2 is 1.51 bits per heavy atom. The molecule has 0 fully saturated rings. The fourth-order valence-corrected chi connectivity index (χ4v) is 6.02. The maximum atomic E-state index is 6.36. The van der Waals surface area contributed by atoms with Crippen LogP contribution in [0.15, 0.2) is 91.4 Å². The molecule has 8 heteroatoms. The quantitative estimate of drug-likeness (QED) is 0.136. The fraction of sp³-hybridized carbons (Fsp3) is 0.179. The van der Waals surface area contributed by atoms with E-state index >= 15 is 0 Å². The summed E-state index contributed by atoms with van der Waals surface area (Å²) in [6.07, 6.45) is 5.64. The van der Waals surface area contributed by atoms with E-state index in [4.69, 9.17) is 19.3 Å². The van der Waals surface area contributed by atoms with Crippen LogP contribution in [0, 0.1) is 32.9 Å². The second-order valence-corrected chi connectivity index (χ2v) is 11.2. The molecule has 7 rings (SSSR count). The van der Waals surface area contributed by atoms with Crippen molar-refractivity contribution in [2.45, 2.75) is 34.6 Å². The van der Waals surface area contributed by atoms with Gasteiger partial charge < -0.3 is 18.8 Å². The van der Waals surface area contributed by atoms with Crippen molar-refractivity contribution in [2.75, 3.05) is 13.2 Å². The summed E-state index contributed by atoms with van der Waals surface area (Å²) in [5.74, 6) is 3.59. The third-order valence-corrected chi connectivity index (χ3v) is 7.96. The molecule has 0 saturated heterocycles. The summed E-state index contributed by atoms with van der Waals surface area (Å²) in [5, 5.41) is 6.91. The Bertz CT molecular complexity index is 2190. The van der Waals surface area contributed by atoms with Crippen molar-refractivity contribution >= 4 is 21.8 Å². The van der Waals surface area contributed by atoms with Gasteiger partial charge in [0.2, 0.25) is 0 Å². The number of hydrogen-bond donors (Lipinski definition) is 0. The SMILES string of the molecule is CCOc1c(C)cc(C)c(OCC)c1-c1cnn(-c2[c-]c(Oc3[c-]c4c(cc3)c3ccccc3n4-c3cc(C)ccn3)ccc2)c1.[Pt+2]. The molecule has 0 N–H and O–H groups in total. The van der Waals surface area contributed by atoms with Gasteiger partial charge in [-0.3, -0.25) is 4.68 Å². The molecule has 0 aliphatic heterocycles. The molecule has 4 aromatic carbocycles. The molecule has 0 bridgehead atoms. The first-order chi connectivity index (χ1) is 22.4. The molecule has 0 atom stereocenters. The van der Waals surface area contributed by atoms with E-state index in [1.165, 1.54) is 0 Å². The van der Waals surface area contributed by atoms with Crippen LogP contribution in [0.2, 0.25) is 0 Å². The smallest absolute Gasteiger partial charge is 0.509 e. The number of rotatable bonds is 9. The zero-order valence-corrected chi connectivity index (χ0v) is 29.2. The normalized spacial score (nSPS) is 11.1. The van der Waals surface area contributed by atoms with Crippen LogP contribution in [0.4, 0.5) is 0 Å². The van der Waals surface area contributed by atoms with Crippen molar-refractivity contribution in [3.63, 3.8) is 0 Å². The maximum Gasteiger partial charge on any atom is 2.00 e. The monoisotopic (exact) mass is 801 g/mol. The second-order valence-electron chi connectivity index (χ2n) is 11.2. The van der Waals surface area contributed by atoms with Gasteiger partial charge in [-0.2, -0.15) is 17.2 Å². The standard InChI is InChI=1S/C39H34N4O3.Pt/c1-6-44-38-26(4)20-27(5)39(45-7-2)37(38)28-23-41-42(24-28)29-11-10-12-30(21-29)46-31-15-16-33-32-13-8-9-14-34(32)43(35(33)22-31)36-19-25(3)17-18-40-36;/h8-20,23-24H,6-7H2,1-5H3;/q-2;+2. The predicted molar refractivity (Wildman–Crippen MR) is 182 cm³/mol. The van der Waals surface area contributed by atoms with Gasteiger partial charge in [-0.15, -0.1) is 35.7 Å². The van der Waals surface area contributed by atoms with Gasteiger partial charge in [-0.05, 0) is 86.6 Å². The largest absolute Gasteiger partial charge is 2.00 e. The summed E-state index contributed by atoms with van der Waals surface area (Å²) in [6.45, 7) is 11.3. The number of aryl methyl sites for hydroxylation is 3. The first kappa shape index (κ1) is 32.1. The Kier molecular flexibility index (Phi) is 9.19. The summed E-state index contributed by atoms with van der Waals surface area (Å²) in [5.41, 5.74) is 7.75. The van der Waals surface area contributed by atoms with Crippen molar-refractivity contribution in [1.82, 2.24) is 19.3 Å². The van der Waals surface area contributed by atoms with E-state index in [-0.39, 0.29) is 21.1 Å². The van der Waals surface area contributed by atoms with Gasteiger partial charge in [0.15, 0.2) is 0 Å². The first-order valence-electron chi connectivity index (χ1n) is 15.5. The molecule has 0 unspecified atom stereocenters. The summed E-state index contributed by atoms with van der Waals surface area (Å²) in [7, 11) is 0. The molecule has 7 aromatic rings. The van der Waals surface area contributed by atoms with E-state index in [9.17, 15) is 0 Å². The number of benzene rings is 4. The molecular formula is C39H34N4O3Pt. The minimum atomic E-state index is 0. The molecule has 3 heterocycles. The van der Waals surface area contributed by atoms with Crippen LogP contribution in [-0.2, 0) is 21.1 Å². The minimum Gasteiger partial charge on any atom is -0.509 e. The molecule has 238 valence electrons. The summed E-state index contributed by atoms with van der Waals surface area (Å²) >= 11 is 0. The van der Waals surface area contributed by atoms with Crippen molar-refractivity contribution in [3.05, 3.63) is 120 Å². The fourth-order valence-electron chi connectivity index (χ4n) is 6.02. The molecule has 47 heavy (non-hydrogen) atoms. The molecule has 3 aromatic heterocycles. The van der Waals surface area contributed by atoms with Gasteiger partial charge in [0.1, 0.15) is 17.3 Å². The van der Waals surface area contributed by atoms with Crippen molar-refractivity contribution in [3.8, 4) is 45.6 Å². The Morgan fingerprint density at radius 1 is 0.766 bits per heavy atom. The molecule has 0 aliphatic rings. The topological polar surface area (TPSA) is 63.3 Å². The van der Waals surface area contributed by atoms with E-state index < -0.39 is 0 Å². The van der Waals surface area contributed by atoms with Gasteiger partial charge in [0, 0.05) is 35.0 Å². The zero-order valence-electron chi connectivity index (χ0n) is 26.9. The first-order valence-corrected chi connectivity index (χ1v) is 15.5. The third kappa shape index (κ3) is 6.04. The molecule has 0 radical (unpaired) electrons. The van der Waals surface area contributed by atoms with Crippen LogP contribution >= 0.6 is 0 Å². The van der Waals surface area contributed by atoms with Gasteiger partial charge in [0.25, 0.3) is 0 Å². The average molecular weight is 802 g/mol. The van der Waals surface area contributed by atoms with Crippen molar-refractivity contribution in [1.29, 1.82) is 0 Å². The van der Waals surface area contributed by atoms with Crippen LogP contribution in [0.25, 0.3) is 44.4 Å². The number of fused-ring (bicyclic) bond motifs is 3. The maximum absolute atomic E-state index is 6.36. The van der Waals surface area contributed by atoms with E-state index in [0.29, 0.717) is 24.7 Å². The second kappa shape index (κ2) is 13.5. The molecule has 0 saturated carbocycles. The third-order valence-electron chi connectivity index (χ3n) is 7.96. The number of pyridine rings is 1. The number of para-hydroxylation sites is 1. The summed E-state index contributed by atoms with van der Waals surface area (Å²) in [4.78, 5) is 4.68. The van der Waals surface area contributed by atoms with Gasteiger partial charge in [-0.1, -0.05) is 23.7 Å². The van der Waals surface area contributed by atoms with Crippen LogP contribution in [0.5, 0.6) is 23.0 Å². The summed E-state index contributed by atoms with van der Waals surface area (Å²) in [6, 6.07) is 31.2. The van der Waals surface area contributed by atoms with Crippen LogP contribution in [0.1, 0.15) is 30.5 Å². The molecule has 0 aliphatic carbocycles. The number of aromatic nitrogens is 4. The van der Waals surface area contributed by atoms with E-state index in [2.05, 4.69) is 78.9 Å². The minimum absolute atomic E-state index is 0. The van der Waals surface area contributed by atoms with Gasteiger partial charge in [0.05, 0.1) is 25.0 Å².